The van der Waals surface area contributed by atoms with Gasteiger partial charge in [-0.25, -0.2) is 13.6 Å². The van der Waals surface area contributed by atoms with Crippen molar-refractivity contribution in [3.63, 3.8) is 0 Å². The second-order valence-electron chi connectivity index (χ2n) is 5.30. The van der Waals surface area contributed by atoms with Crippen LogP contribution in [-0.2, 0) is 21.9 Å². The Labute approximate surface area is 128 Å². The second kappa shape index (κ2) is 5.22. The summed E-state index contributed by atoms with van der Waals surface area (Å²) in [5.41, 5.74) is 1.66. The lowest BCUT2D eigenvalue weighted by molar-refractivity contribution is -0.117. The number of amides is 1. The minimum atomic E-state index is -3.73. The Morgan fingerprint density at radius 2 is 1.95 bits per heavy atom. The fourth-order valence-corrected chi connectivity index (χ4v) is 3.31. The second-order valence-corrected chi connectivity index (χ2v) is 7.14. The molecule has 2 aromatic rings. The Hall–Kier alpha value is -2.19. The normalized spacial score (nSPS) is 18.9. The molecular formula is C14H16N4O3S. The van der Waals surface area contributed by atoms with Crippen LogP contribution in [-0.4, -0.2) is 35.9 Å². The summed E-state index contributed by atoms with van der Waals surface area (Å²) in [5.74, 6) is 0.302. The van der Waals surface area contributed by atoms with E-state index in [2.05, 4.69) is 5.10 Å². The van der Waals surface area contributed by atoms with Gasteiger partial charge in [0.2, 0.25) is 15.9 Å². The van der Waals surface area contributed by atoms with E-state index in [-0.39, 0.29) is 18.9 Å². The molecule has 0 aliphatic carbocycles. The molecule has 0 radical (unpaired) electrons. The first kappa shape index (κ1) is 14.7. The monoisotopic (exact) mass is 320 g/mol. The largest absolute Gasteiger partial charge is 0.296 e. The molecule has 1 saturated heterocycles. The number of anilines is 1. The maximum Gasteiger partial charge on any atom is 0.229 e. The van der Waals surface area contributed by atoms with Gasteiger partial charge in [-0.3, -0.25) is 14.4 Å². The summed E-state index contributed by atoms with van der Waals surface area (Å²) in [5, 5.41) is 8.67. The molecule has 1 aromatic carbocycles. The van der Waals surface area contributed by atoms with Crippen LogP contribution in [0.4, 0.5) is 5.82 Å². The van der Waals surface area contributed by atoms with Gasteiger partial charge < -0.3 is 0 Å². The number of primary sulfonamides is 1. The molecule has 0 saturated carbocycles. The van der Waals surface area contributed by atoms with E-state index in [0.29, 0.717) is 5.82 Å². The van der Waals surface area contributed by atoms with E-state index in [4.69, 9.17) is 5.14 Å². The van der Waals surface area contributed by atoms with Crippen LogP contribution in [0.2, 0.25) is 0 Å². The number of hydrogen-bond donors (Lipinski definition) is 1. The fraction of sp³-hybridized carbons (Fsp3) is 0.286. The van der Waals surface area contributed by atoms with Crippen LogP contribution in [0.15, 0.2) is 36.4 Å². The van der Waals surface area contributed by atoms with Gasteiger partial charge in [-0.1, -0.05) is 30.3 Å². The topological polar surface area (TPSA) is 98.3 Å². The van der Waals surface area contributed by atoms with Crippen molar-refractivity contribution in [2.45, 2.75) is 11.7 Å². The number of carbonyl (C=O) groups is 1. The number of rotatable bonds is 3. The van der Waals surface area contributed by atoms with E-state index in [1.807, 2.05) is 30.3 Å². The predicted octanol–water partition coefficient (Wildman–Crippen LogP) is 0.481. The molecule has 1 aliphatic heterocycles. The Morgan fingerprint density at radius 3 is 2.55 bits per heavy atom. The number of aryl methyl sites for hydroxylation is 1. The first-order valence-electron chi connectivity index (χ1n) is 6.77. The van der Waals surface area contributed by atoms with Gasteiger partial charge in [0, 0.05) is 31.6 Å². The van der Waals surface area contributed by atoms with Crippen molar-refractivity contribution in [1.82, 2.24) is 9.78 Å². The van der Waals surface area contributed by atoms with E-state index in [0.717, 1.165) is 11.3 Å². The van der Waals surface area contributed by atoms with E-state index in [1.165, 1.54) is 4.90 Å². The number of sulfonamides is 1. The first-order valence-corrected chi connectivity index (χ1v) is 8.38. The Kier molecular flexibility index (Phi) is 3.50. The van der Waals surface area contributed by atoms with Gasteiger partial charge >= 0.3 is 0 Å². The molecule has 2 heterocycles. The minimum absolute atomic E-state index is 0.0609. The highest BCUT2D eigenvalue weighted by atomic mass is 32.2. The van der Waals surface area contributed by atoms with Crippen molar-refractivity contribution in [2.75, 3.05) is 11.4 Å². The van der Waals surface area contributed by atoms with Crippen molar-refractivity contribution in [2.24, 2.45) is 12.2 Å². The van der Waals surface area contributed by atoms with Crippen molar-refractivity contribution in [3.8, 4) is 11.3 Å². The van der Waals surface area contributed by atoms with Gasteiger partial charge in [-0.05, 0) is 0 Å². The Bertz CT molecular complexity index is 814. The number of hydrogen-bond acceptors (Lipinski definition) is 4. The van der Waals surface area contributed by atoms with Crippen molar-refractivity contribution in [3.05, 3.63) is 36.4 Å². The third kappa shape index (κ3) is 2.62. The SMILES string of the molecule is Cn1nc(-c2ccccc2)cc1N1CC(S(N)(=O)=O)CC1=O. The highest BCUT2D eigenvalue weighted by Crippen LogP contribution is 2.28. The average Bonchev–Trinajstić information content (AvgIpc) is 3.02. The number of benzene rings is 1. The third-order valence-corrected chi connectivity index (χ3v) is 5.00. The van der Waals surface area contributed by atoms with Crippen LogP contribution < -0.4 is 10.0 Å². The molecule has 1 aromatic heterocycles. The number of nitrogens with two attached hydrogens (primary N) is 1. The molecule has 116 valence electrons. The molecule has 1 aliphatic rings. The predicted molar refractivity (Wildman–Crippen MR) is 82.5 cm³/mol. The Morgan fingerprint density at radius 1 is 1.27 bits per heavy atom. The quantitative estimate of drug-likeness (QED) is 0.889. The van der Waals surface area contributed by atoms with Gasteiger partial charge in [0.05, 0.1) is 5.69 Å². The minimum Gasteiger partial charge on any atom is -0.296 e. The van der Waals surface area contributed by atoms with Crippen LogP contribution in [0.5, 0.6) is 0 Å². The lowest BCUT2D eigenvalue weighted by Gasteiger charge is -2.15. The van der Waals surface area contributed by atoms with E-state index in [1.54, 1.807) is 17.8 Å². The first-order chi connectivity index (χ1) is 10.4. The van der Waals surface area contributed by atoms with Crippen LogP contribution in [0.3, 0.4) is 0 Å². The standard InChI is InChI=1S/C14H16N4O3S/c1-17-13(8-12(16-17)10-5-3-2-4-6-10)18-9-11(7-14(18)19)22(15,20)21/h2-6,8,11H,7,9H2,1H3,(H2,15,20,21). The van der Waals surface area contributed by atoms with Crippen LogP contribution >= 0.6 is 0 Å². The average molecular weight is 320 g/mol. The van der Waals surface area contributed by atoms with Gasteiger partial charge in [-0.2, -0.15) is 5.10 Å². The van der Waals surface area contributed by atoms with Gasteiger partial charge in [-0.15, -0.1) is 0 Å². The molecule has 7 nitrogen and oxygen atoms in total. The molecule has 1 fully saturated rings. The fourth-order valence-electron chi connectivity index (χ4n) is 2.58. The summed E-state index contributed by atoms with van der Waals surface area (Å²) in [6, 6.07) is 11.3. The summed E-state index contributed by atoms with van der Waals surface area (Å²) >= 11 is 0. The summed E-state index contributed by atoms with van der Waals surface area (Å²) in [6.45, 7) is 0.0609. The zero-order valence-electron chi connectivity index (χ0n) is 12.0. The number of carbonyl (C=O) groups excluding carboxylic acids is 1. The van der Waals surface area contributed by atoms with Crippen molar-refractivity contribution < 1.29 is 13.2 Å². The maximum absolute atomic E-state index is 12.1. The molecule has 8 heteroatoms. The molecule has 22 heavy (non-hydrogen) atoms. The zero-order chi connectivity index (χ0) is 15.9. The summed E-state index contributed by atoms with van der Waals surface area (Å²) in [6.07, 6.45) is -0.0926. The molecular weight excluding hydrogens is 304 g/mol. The van der Waals surface area contributed by atoms with E-state index >= 15 is 0 Å². The zero-order valence-corrected chi connectivity index (χ0v) is 12.8. The van der Waals surface area contributed by atoms with Gasteiger partial charge in [0.15, 0.2) is 0 Å². The number of aromatic nitrogens is 2. The number of nitrogens with zero attached hydrogens (tertiary/aromatic N) is 3. The molecule has 3 rings (SSSR count). The molecule has 1 amide bonds. The van der Waals surface area contributed by atoms with Crippen LogP contribution in [0.25, 0.3) is 11.3 Å². The highest BCUT2D eigenvalue weighted by Gasteiger charge is 2.38. The lowest BCUT2D eigenvalue weighted by atomic mass is 10.1. The van der Waals surface area contributed by atoms with E-state index in [9.17, 15) is 13.2 Å². The summed E-state index contributed by atoms with van der Waals surface area (Å²) < 4.78 is 24.5. The lowest BCUT2D eigenvalue weighted by Crippen LogP contribution is -2.32. The molecule has 0 bridgehead atoms. The molecule has 1 unspecified atom stereocenters. The third-order valence-electron chi connectivity index (χ3n) is 3.76. The summed E-state index contributed by atoms with van der Waals surface area (Å²) in [4.78, 5) is 13.5. The Balaban J connectivity index is 1.93. The van der Waals surface area contributed by atoms with Gasteiger partial charge in [0.1, 0.15) is 11.1 Å². The molecule has 1 atom stereocenters. The van der Waals surface area contributed by atoms with Crippen molar-refractivity contribution in [1.29, 1.82) is 0 Å². The maximum atomic E-state index is 12.1. The van der Waals surface area contributed by atoms with Crippen LogP contribution in [0, 0.1) is 0 Å². The summed E-state index contributed by atoms with van der Waals surface area (Å²) in [7, 11) is -2.01. The van der Waals surface area contributed by atoms with E-state index < -0.39 is 15.3 Å². The smallest absolute Gasteiger partial charge is 0.229 e. The van der Waals surface area contributed by atoms with Crippen LogP contribution in [0.1, 0.15) is 6.42 Å². The highest BCUT2D eigenvalue weighted by molar-refractivity contribution is 7.89. The molecule has 2 N–H and O–H groups in total. The van der Waals surface area contributed by atoms with Gasteiger partial charge in [0.25, 0.3) is 0 Å². The molecule has 0 spiro atoms. The van der Waals surface area contributed by atoms with Crippen molar-refractivity contribution >= 4 is 21.7 Å².